The van der Waals surface area contributed by atoms with Crippen molar-refractivity contribution in [2.24, 2.45) is 4.36 Å². The Morgan fingerprint density at radius 2 is 1.91 bits per heavy atom. The lowest BCUT2D eigenvalue weighted by Crippen LogP contribution is -2.23. The van der Waals surface area contributed by atoms with Crippen molar-refractivity contribution in [2.45, 2.75) is 25.3 Å². The number of rotatable bonds is 3. The minimum Gasteiger partial charge on any atom is -0.351 e. The van der Waals surface area contributed by atoms with Crippen LogP contribution in [0.1, 0.15) is 24.0 Å². The van der Waals surface area contributed by atoms with Crippen molar-refractivity contribution in [2.75, 3.05) is 17.8 Å². The monoisotopic (exact) mass is 316 g/mol. The van der Waals surface area contributed by atoms with Gasteiger partial charge in [-0.25, -0.2) is 14.2 Å². The van der Waals surface area contributed by atoms with Gasteiger partial charge in [-0.2, -0.15) is 4.36 Å². The van der Waals surface area contributed by atoms with E-state index < -0.39 is 9.73 Å². The molecule has 1 aliphatic rings. The molecule has 1 heterocycles. The van der Waals surface area contributed by atoms with Crippen molar-refractivity contribution < 1.29 is 4.21 Å². The SMILES string of the molecule is C[C@H]1c2ccccc2C[C@H]1Nc1ncc(N=S(C)(C)=O)cn1. The van der Waals surface area contributed by atoms with E-state index in [0.717, 1.165) is 6.42 Å². The number of hydrogen-bond donors (Lipinski definition) is 1. The number of nitrogens with zero attached hydrogens (tertiary/aromatic N) is 3. The zero-order valence-corrected chi connectivity index (χ0v) is 13.8. The summed E-state index contributed by atoms with van der Waals surface area (Å²) in [5, 5.41) is 3.39. The lowest BCUT2D eigenvalue weighted by atomic mass is 10.0. The van der Waals surface area contributed by atoms with Crippen LogP contribution in [-0.4, -0.2) is 32.7 Å². The molecule has 2 atom stereocenters. The average molecular weight is 316 g/mol. The largest absolute Gasteiger partial charge is 0.351 e. The maximum Gasteiger partial charge on any atom is 0.222 e. The van der Waals surface area contributed by atoms with E-state index in [1.54, 1.807) is 24.9 Å². The van der Waals surface area contributed by atoms with Gasteiger partial charge in [-0.1, -0.05) is 31.2 Å². The Bertz CT molecular complexity index is 786. The molecule has 0 saturated carbocycles. The third-order valence-electron chi connectivity index (χ3n) is 3.87. The van der Waals surface area contributed by atoms with Crippen LogP contribution in [0, 0.1) is 0 Å². The first-order chi connectivity index (χ1) is 10.4. The van der Waals surface area contributed by atoms with E-state index in [1.807, 2.05) is 0 Å². The van der Waals surface area contributed by atoms with Gasteiger partial charge in [0.25, 0.3) is 0 Å². The van der Waals surface area contributed by atoms with Crippen molar-refractivity contribution in [3.8, 4) is 0 Å². The molecule has 2 aromatic rings. The summed E-state index contributed by atoms with van der Waals surface area (Å²) in [5.74, 6) is 1.01. The van der Waals surface area contributed by atoms with Crippen LogP contribution >= 0.6 is 0 Å². The number of fused-ring (bicyclic) bond motifs is 1. The molecule has 3 rings (SSSR count). The molecule has 1 aromatic heterocycles. The number of anilines is 1. The molecule has 22 heavy (non-hydrogen) atoms. The van der Waals surface area contributed by atoms with Gasteiger partial charge >= 0.3 is 0 Å². The molecule has 0 amide bonds. The van der Waals surface area contributed by atoms with E-state index in [0.29, 0.717) is 23.6 Å². The summed E-state index contributed by atoms with van der Waals surface area (Å²) in [5.41, 5.74) is 3.32. The quantitative estimate of drug-likeness (QED) is 0.945. The highest BCUT2D eigenvalue weighted by Gasteiger charge is 2.28. The van der Waals surface area contributed by atoms with E-state index in [2.05, 4.69) is 50.8 Å². The normalized spacial score (nSPS) is 20.5. The van der Waals surface area contributed by atoms with Gasteiger partial charge in [0, 0.05) is 34.2 Å². The van der Waals surface area contributed by atoms with E-state index in [-0.39, 0.29) is 0 Å². The van der Waals surface area contributed by atoms with Gasteiger partial charge in [0.2, 0.25) is 5.95 Å². The first kappa shape index (κ1) is 15.0. The molecule has 1 aliphatic carbocycles. The van der Waals surface area contributed by atoms with Crippen LogP contribution < -0.4 is 5.32 Å². The molecule has 0 bridgehead atoms. The molecule has 0 fully saturated rings. The molecule has 116 valence electrons. The summed E-state index contributed by atoms with van der Waals surface area (Å²) in [6, 6.07) is 8.81. The minimum absolute atomic E-state index is 0.293. The first-order valence-corrected chi connectivity index (χ1v) is 9.59. The van der Waals surface area contributed by atoms with Crippen molar-refractivity contribution >= 4 is 21.4 Å². The maximum atomic E-state index is 11.7. The average Bonchev–Trinajstić information content (AvgIpc) is 2.77. The predicted octanol–water partition coefficient (Wildman–Crippen LogP) is 2.98. The number of nitrogens with one attached hydrogen (secondary N) is 1. The third-order valence-corrected chi connectivity index (χ3v) is 4.52. The fraction of sp³-hybridized carbons (Fsp3) is 0.375. The fourth-order valence-electron chi connectivity index (χ4n) is 2.83. The van der Waals surface area contributed by atoms with Gasteiger partial charge in [-0.05, 0) is 17.5 Å². The van der Waals surface area contributed by atoms with Gasteiger partial charge in [0.1, 0.15) is 5.69 Å². The second-order valence-corrected chi connectivity index (χ2v) is 8.52. The van der Waals surface area contributed by atoms with Crippen molar-refractivity contribution in [1.82, 2.24) is 9.97 Å². The summed E-state index contributed by atoms with van der Waals surface area (Å²) in [7, 11) is -2.18. The highest BCUT2D eigenvalue weighted by Crippen LogP contribution is 2.34. The van der Waals surface area contributed by atoms with Crippen molar-refractivity contribution in [1.29, 1.82) is 0 Å². The molecular weight excluding hydrogens is 296 g/mol. The molecule has 0 unspecified atom stereocenters. The fourth-order valence-corrected chi connectivity index (χ4v) is 3.44. The Morgan fingerprint density at radius 3 is 2.55 bits per heavy atom. The van der Waals surface area contributed by atoms with Crippen LogP contribution in [-0.2, 0) is 16.1 Å². The van der Waals surface area contributed by atoms with Gasteiger partial charge in [-0.3, -0.25) is 0 Å². The summed E-state index contributed by atoms with van der Waals surface area (Å²) in [6.45, 7) is 2.22. The van der Waals surface area contributed by atoms with Gasteiger partial charge in [-0.15, -0.1) is 0 Å². The molecule has 0 saturated heterocycles. The summed E-state index contributed by atoms with van der Waals surface area (Å²) in [4.78, 5) is 8.56. The zero-order chi connectivity index (χ0) is 15.7. The lowest BCUT2D eigenvalue weighted by Gasteiger charge is -2.17. The molecule has 0 radical (unpaired) electrons. The first-order valence-electron chi connectivity index (χ1n) is 7.26. The molecule has 1 N–H and O–H groups in total. The number of benzene rings is 1. The van der Waals surface area contributed by atoms with Gasteiger partial charge < -0.3 is 5.32 Å². The number of aromatic nitrogens is 2. The molecule has 6 heteroatoms. The summed E-state index contributed by atoms with van der Waals surface area (Å²) in [6.07, 6.45) is 7.38. The van der Waals surface area contributed by atoms with Crippen LogP contribution in [0.15, 0.2) is 41.0 Å². The Hall–Kier alpha value is -1.95. The topological polar surface area (TPSA) is 67.2 Å². The molecular formula is C16H20N4OS. The van der Waals surface area contributed by atoms with Crippen LogP contribution in [0.5, 0.6) is 0 Å². The summed E-state index contributed by atoms with van der Waals surface area (Å²) >= 11 is 0. The second kappa shape index (κ2) is 5.68. The molecule has 5 nitrogen and oxygen atoms in total. The van der Waals surface area contributed by atoms with Gasteiger partial charge in [0.05, 0.1) is 12.4 Å². The Balaban J connectivity index is 1.74. The van der Waals surface area contributed by atoms with Gasteiger partial charge in [0.15, 0.2) is 0 Å². The number of hydrogen-bond acceptors (Lipinski definition) is 5. The molecule has 0 spiro atoms. The third kappa shape index (κ3) is 3.27. The lowest BCUT2D eigenvalue weighted by molar-refractivity contribution is 0.649. The minimum atomic E-state index is -2.18. The van der Waals surface area contributed by atoms with E-state index in [1.165, 1.54) is 11.1 Å². The highest BCUT2D eigenvalue weighted by molar-refractivity contribution is 7.92. The van der Waals surface area contributed by atoms with Crippen LogP contribution in [0.25, 0.3) is 0 Å². The Labute approximate surface area is 131 Å². The molecule has 1 aromatic carbocycles. The summed E-state index contributed by atoms with van der Waals surface area (Å²) < 4.78 is 15.7. The van der Waals surface area contributed by atoms with Crippen LogP contribution in [0.2, 0.25) is 0 Å². The van der Waals surface area contributed by atoms with Crippen LogP contribution in [0.4, 0.5) is 11.6 Å². The smallest absolute Gasteiger partial charge is 0.222 e. The van der Waals surface area contributed by atoms with E-state index in [9.17, 15) is 4.21 Å². The standard InChI is InChI=1S/C16H20N4OS/c1-11-14-7-5-4-6-12(14)8-15(11)19-16-17-9-13(10-18-16)20-22(2,3)21/h4-7,9-11,15H,8H2,1-3H3,(H,17,18,19)/t11-,15+/m0/s1. The zero-order valence-electron chi connectivity index (χ0n) is 13.0. The van der Waals surface area contributed by atoms with Crippen LogP contribution in [0.3, 0.4) is 0 Å². The predicted molar refractivity (Wildman–Crippen MR) is 90.1 cm³/mol. The highest BCUT2D eigenvalue weighted by atomic mass is 32.2. The van der Waals surface area contributed by atoms with E-state index in [4.69, 9.17) is 0 Å². The molecule has 0 aliphatic heterocycles. The van der Waals surface area contributed by atoms with Crippen molar-refractivity contribution in [3.05, 3.63) is 47.8 Å². The second-order valence-electron chi connectivity index (χ2n) is 5.98. The van der Waals surface area contributed by atoms with Crippen molar-refractivity contribution in [3.63, 3.8) is 0 Å². The van der Waals surface area contributed by atoms with E-state index >= 15 is 0 Å². The Kier molecular flexibility index (Phi) is 3.87. The Morgan fingerprint density at radius 1 is 1.23 bits per heavy atom. The maximum absolute atomic E-state index is 11.7.